The highest BCUT2D eigenvalue weighted by atomic mass is 16.5. The molecule has 0 radical (unpaired) electrons. The van der Waals surface area contributed by atoms with Crippen LogP contribution in [0.2, 0.25) is 0 Å². The van der Waals surface area contributed by atoms with Crippen LogP contribution in [0, 0.1) is 0 Å². The summed E-state index contributed by atoms with van der Waals surface area (Å²) < 4.78 is 5.65. The van der Waals surface area contributed by atoms with Gasteiger partial charge in [0, 0.05) is 6.54 Å². The van der Waals surface area contributed by atoms with E-state index in [4.69, 9.17) is 16.2 Å². The van der Waals surface area contributed by atoms with Gasteiger partial charge in [0.05, 0.1) is 18.7 Å². The molecule has 3 atom stereocenters. The maximum Gasteiger partial charge on any atom is 0.252 e. The molecule has 2 amide bonds. The van der Waals surface area contributed by atoms with Crippen LogP contribution in [0.4, 0.5) is 0 Å². The predicted octanol–water partition coefficient (Wildman–Crippen LogP) is 0.568. The fourth-order valence-electron chi connectivity index (χ4n) is 2.73. The summed E-state index contributed by atoms with van der Waals surface area (Å²) in [7, 11) is 0. The Morgan fingerprint density at radius 3 is 2.55 bits per heavy atom. The monoisotopic (exact) mass is 305 g/mol. The molecule has 0 aromatic heterocycles. The molecule has 1 aromatic carbocycles. The van der Waals surface area contributed by atoms with Gasteiger partial charge in [-0.2, -0.15) is 0 Å². The first-order chi connectivity index (χ1) is 10.5. The zero-order valence-electron chi connectivity index (χ0n) is 12.8. The number of amides is 2. The minimum absolute atomic E-state index is 0.0867. The fraction of sp³-hybridized carbons (Fsp3) is 0.500. The van der Waals surface area contributed by atoms with Gasteiger partial charge in [0.1, 0.15) is 6.10 Å². The summed E-state index contributed by atoms with van der Waals surface area (Å²) >= 11 is 0. The van der Waals surface area contributed by atoms with E-state index in [1.807, 2.05) is 37.3 Å². The summed E-state index contributed by atoms with van der Waals surface area (Å²) in [6.07, 6.45) is 0.754. The maximum atomic E-state index is 12.7. The number of ether oxygens (including phenoxy) is 1. The number of nitrogens with zero attached hydrogens (tertiary/aromatic N) is 1. The lowest BCUT2D eigenvalue weighted by Crippen LogP contribution is -2.45. The van der Waals surface area contributed by atoms with Crippen LogP contribution in [0.25, 0.3) is 0 Å². The number of primary amides is 1. The van der Waals surface area contributed by atoms with Crippen molar-refractivity contribution in [1.29, 1.82) is 0 Å². The van der Waals surface area contributed by atoms with E-state index in [9.17, 15) is 9.59 Å². The first-order valence-electron chi connectivity index (χ1n) is 7.52. The first-order valence-corrected chi connectivity index (χ1v) is 7.52. The molecule has 1 aromatic rings. The van der Waals surface area contributed by atoms with Crippen LogP contribution in [0.1, 0.15) is 31.4 Å². The van der Waals surface area contributed by atoms with Crippen molar-refractivity contribution < 1.29 is 14.3 Å². The molecule has 6 heteroatoms. The van der Waals surface area contributed by atoms with Crippen LogP contribution < -0.4 is 11.5 Å². The van der Waals surface area contributed by atoms with Crippen molar-refractivity contribution in [3.63, 3.8) is 0 Å². The maximum absolute atomic E-state index is 12.7. The lowest BCUT2D eigenvalue weighted by Gasteiger charge is -2.30. The minimum Gasteiger partial charge on any atom is -0.368 e. The fourth-order valence-corrected chi connectivity index (χ4v) is 2.73. The van der Waals surface area contributed by atoms with Gasteiger partial charge in [0.25, 0.3) is 5.91 Å². The third-order valence-corrected chi connectivity index (χ3v) is 4.00. The summed E-state index contributed by atoms with van der Waals surface area (Å²) in [6.45, 7) is 2.15. The number of rotatable bonds is 6. The van der Waals surface area contributed by atoms with Crippen LogP contribution in [0.3, 0.4) is 0 Å². The number of carbonyl (C=O) groups excluding carboxylic acids is 2. The Labute approximate surface area is 130 Å². The Bertz CT molecular complexity index is 521. The van der Waals surface area contributed by atoms with E-state index in [0.717, 1.165) is 12.0 Å². The zero-order chi connectivity index (χ0) is 16.1. The van der Waals surface area contributed by atoms with E-state index < -0.39 is 12.0 Å². The largest absolute Gasteiger partial charge is 0.368 e. The molecule has 0 spiro atoms. The van der Waals surface area contributed by atoms with E-state index in [2.05, 4.69) is 0 Å². The van der Waals surface area contributed by atoms with Crippen molar-refractivity contribution in [3.05, 3.63) is 35.9 Å². The quantitative estimate of drug-likeness (QED) is 0.802. The second kappa shape index (κ2) is 7.38. The third-order valence-electron chi connectivity index (χ3n) is 4.00. The van der Waals surface area contributed by atoms with Gasteiger partial charge in [-0.1, -0.05) is 30.3 Å². The van der Waals surface area contributed by atoms with Crippen molar-refractivity contribution in [2.45, 2.75) is 38.0 Å². The smallest absolute Gasteiger partial charge is 0.252 e. The van der Waals surface area contributed by atoms with Gasteiger partial charge in [-0.3, -0.25) is 9.59 Å². The van der Waals surface area contributed by atoms with Crippen LogP contribution >= 0.6 is 0 Å². The van der Waals surface area contributed by atoms with Gasteiger partial charge in [-0.25, -0.2) is 0 Å². The van der Waals surface area contributed by atoms with Gasteiger partial charge in [0.2, 0.25) is 5.91 Å². The van der Waals surface area contributed by atoms with Gasteiger partial charge in [0.15, 0.2) is 0 Å². The molecule has 22 heavy (non-hydrogen) atoms. The Balaban J connectivity index is 2.15. The molecule has 1 fully saturated rings. The average Bonchev–Trinajstić information content (AvgIpc) is 3.01. The lowest BCUT2D eigenvalue weighted by molar-refractivity contribution is -0.147. The molecule has 0 unspecified atom stereocenters. The minimum atomic E-state index is -0.543. The lowest BCUT2D eigenvalue weighted by atomic mass is 10.1. The highest BCUT2D eigenvalue weighted by molar-refractivity contribution is 5.86. The molecular formula is C16H23N3O3. The summed E-state index contributed by atoms with van der Waals surface area (Å²) in [6, 6.07) is 9.29. The molecule has 120 valence electrons. The predicted molar refractivity (Wildman–Crippen MR) is 82.7 cm³/mol. The van der Waals surface area contributed by atoms with Crippen LogP contribution in [0.5, 0.6) is 0 Å². The number of hydrogen-bond donors (Lipinski definition) is 2. The van der Waals surface area contributed by atoms with E-state index in [0.29, 0.717) is 13.0 Å². The second-order valence-electron chi connectivity index (χ2n) is 5.58. The molecular weight excluding hydrogens is 282 g/mol. The Morgan fingerprint density at radius 1 is 1.32 bits per heavy atom. The number of carbonyl (C=O) groups is 2. The SMILES string of the molecule is C[C@H](c1ccccc1)N(CC(N)=O)C(=O)[C@@H]1CC[C@H](CN)O1. The van der Waals surface area contributed by atoms with Crippen LogP contribution in [-0.2, 0) is 14.3 Å². The molecule has 2 rings (SSSR count). The Kier molecular flexibility index (Phi) is 5.51. The van der Waals surface area contributed by atoms with Gasteiger partial charge in [-0.15, -0.1) is 0 Å². The summed E-state index contributed by atoms with van der Waals surface area (Å²) in [5.74, 6) is -0.740. The topological polar surface area (TPSA) is 98.7 Å². The molecule has 4 N–H and O–H groups in total. The first kappa shape index (κ1) is 16.5. The highest BCUT2D eigenvalue weighted by Gasteiger charge is 2.35. The molecule has 1 saturated heterocycles. The number of nitrogens with two attached hydrogens (primary N) is 2. The molecule has 0 aliphatic carbocycles. The molecule has 1 aliphatic rings. The molecule has 1 heterocycles. The van der Waals surface area contributed by atoms with Gasteiger partial charge < -0.3 is 21.1 Å². The Hall–Kier alpha value is -1.92. The van der Waals surface area contributed by atoms with Crippen molar-refractivity contribution in [1.82, 2.24) is 4.90 Å². The average molecular weight is 305 g/mol. The van der Waals surface area contributed by atoms with Gasteiger partial charge >= 0.3 is 0 Å². The standard InChI is InChI=1S/C16H23N3O3/c1-11(12-5-3-2-4-6-12)19(10-15(18)20)16(21)14-8-7-13(9-17)22-14/h2-6,11,13-14H,7-10,17H2,1H3,(H2,18,20)/t11-,13-,14+/m1/s1. The highest BCUT2D eigenvalue weighted by Crippen LogP contribution is 2.26. The molecule has 0 saturated carbocycles. The van der Waals surface area contributed by atoms with Crippen LogP contribution in [-0.4, -0.2) is 42.0 Å². The van der Waals surface area contributed by atoms with Crippen molar-refractivity contribution in [2.75, 3.05) is 13.1 Å². The van der Waals surface area contributed by atoms with E-state index in [-0.39, 0.29) is 24.6 Å². The number of hydrogen-bond acceptors (Lipinski definition) is 4. The zero-order valence-corrected chi connectivity index (χ0v) is 12.8. The van der Waals surface area contributed by atoms with Crippen molar-refractivity contribution in [2.24, 2.45) is 11.5 Å². The second-order valence-corrected chi connectivity index (χ2v) is 5.58. The van der Waals surface area contributed by atoms with Crippen molar-refractivity contribution >= 4 is 11.8 Å². The van der Waals surface area contributed by atoms with Gasteiger partial charge in [-0.05, 0) is 25.3 Å². The Morgan fingerprint density at radius 2 is 2.00 bits per heavy atom. The summed E-state index contributed by atoms with van der Waals surface area (Å²) in [4.78, 5) is 25.5. The molecule has 0 bridgehead atoms. The number of benzene rings is 1. The molecule has 6 nitrogen and oxygen atoms in total. The third kappa shape index (κ3) is 3.84. The molecule has 1 aliphatic heterocycles. The summed E-state index contributed by atoms with van der Waals surface area (Å²) in [5.41, 5.74) is 11.8. The van der Waals surface area contributed by atoms with E-state index >= 15 is 0 Å². The van der Waals surface area contributed by atoms with E-state index in [1.165, 1.54) is 4.90 Å². The summed E-state index contributed by atoms with van der Waals surface area (Å²) in [5, 5.41) is 0. The van der Waals surface area contributed by atoms with E-state index in [1.54, 1.807) is 0 Å². The normalized spacial score (nSPS) is 22.3. The van der Waals surface area contributed by atoms with Crippen molar-refractivity contribution in [3.8, 4) is 0 Å². The van der Waals surface area contributed by atoms with Crippen LogP contribution in [0.15, 0.2) is 30.3 Å².